The number of pyridine rings is 2. The van der Waals surface area contributed by atoms with E-state index in [1.165, 1.54) is 12.3 Å². The summed E-state index contributed by atoms with van der Waals surface area (Å²) in [4.78, 5) is 33.2. The highest BCUT2D eigenvalue weighted by Crippen LogP contribution is 2.37. The highest BCUT2D eigenvalue weighted by molar-refractivity contribution is 5.92. The Kier molecular flexibility index (Phi) is 9.62. The van der Waals surface area contributed by atoms with Crippen molar-refractivity contribution in [1.82, 2.24) is 9.97 Å². The first kappa shape index (κ1) is 25.1. The van der Waals surface area contributed by atoms with E-state index in [0.717, 1.165) is 4.90 Å². The van der Waals surface area contributed by atoms with E-state index in [1.54, 1.807) is 25.1 Å². The second-order valence-corrected chi connectivity index (χ2v) is 6.51. The molecule has 0 aromatic carbocycles. The zero-order chi connectivity index (χ0) is 24.2. The molecule has 0 bridgehead atoms. The molecule has 0 fully saturated rings. The molecule has 1 amide bonds. The lowest BCUT2D eigenvalue weighted by atomic mass is 10.2. The molecule has 11 heteroatoms. The summed E-state index contributed by atoms with van der Waals surface area (Å²) in [7, 11) is 0. The second-order valence-electron chi connectivity index (χ2n) is 6.51. The van der Waals surface area contributed by atoms with Crippen LogP contribution in [-0.2, 0) is 11.3 Å². The van der Waals surface area contributed by atoms with Crippen LogP contribution in [0.4, 0.5) is 22.0 Å². The summed E-state index contributed by atoms with van der Waals surface area (Å²) in [6, 6.07) is 4.62. The standard InChI is InChI=1S/C22H27N5O6/c1-4-7-8-13-33-19-14-17(20(27(29)30)21(23)25-19)26(22(28)31-6-3)15-16-18(32-12-5-2)10-9-11-24-16/h4-5,7,9-11,14H,2,6,8,12-13,15H2,1,3H3,(H2,23,25)/b7-4+. The predicted molar refractivity (Wildman–Crippen MR) is 123 cm³/mol. The Morgan fingerprint density at radius 2 is 2.18 bits per heavy atom. The second kappa shape index (κ2) is 12.6. The summed E-state index contributed by atoms with van der Waals surface area (Å²) in [6.07, 6.45) is 6.62. The summed E-state index contributed by atoms with van der Waals surface area (Å²) in [5.41, 5.74) is 5.55. The van der Waals surface area contributed by atoms with E-state index in [4.69, 9.17) is 19.9 Å². The monoisotopic (exact) mass is 457 g/mol. The van der Waals surface area contributed by atoms with Gasteiger partial charge < -0.3 is 19.9 Å². The van der Waals surface area contributed by atoms with Gasteiger partial charge in [-0.2, -0.15) is 4.98 Å². The maximum absolute atomic E-state index is 12.9. The smallest absolute Gasteiger partial charge is 0.414 e. The predicted octanol–water partition coefficient (Wildman–Crippen LogP) is 4.04. The van der Waals surface area contributed by atoms with Crippen LogP contribution >= 0.6 is 0 Å². The number of nitrogens with zero attached hydrogens (tertiary/aromatic N) is 4. The molecule has 0 saturated heterocycles. The van der Waals surface area contributed by atoms with Gasteiger partial charge in [0.25, 0.3) is 0 Å². The number of nitrogens with two attached hydrogens (primary N) is 1. The third-order valence-electron chi connectivity index (χ3n) is 4.22. The minimum atomic E-state index is -0.827. The number of amides is 1. The first-order chi connectivity index (χ1) is 15.9. The number of allylic oxidation sites excluding steroid dienone is 1. The largest absolute Gasteiger partial charge is 0.488 e. The van der Waals surface area contributed by atoms with E-state index in [-0.39, 0.29) is 37.9 Å². The van der Waals surface area contributed by atoms with Crippen molar-refractivity contribution in [3.05, 3.63) is 65.0 Å². The van der Waals surface area contributed by atoms with Gasteiger partial charge in [0.05, 0.1) is 24.7 Å². The van der Waals surface area contributed by atoms with Crippen molar-refractivity contribution in [2.45, 2.75) is 26.8 Å². The van der Waals surface area contributed by atoms with Gasteiger partial charge in [0.2, 0.25) is 11.7 Å². The number of carbonyl (C=O) groups excluding carboxylic acids is 1. The molecule has 0 aliphatic rings. The Morgan fingerprint density at radius 3 is 2.85 bits per heavy atom. The number of carbonyl (C=O) groups is 1. The van der Waals surface area contributed by atoms with Gasteiger partial charge in [-0.1, -0.05) is 24.8 Å². The Bertz CT molecular complexity index is 1010. The Morgan fingerprint density at radius 1 is 1.39 bits per heavy atom. The molecule has 2 aromatic rings. The normalized spacial score (nSPS) is 10.6. The van der Waals surface area contributed by atoms with Crippen molar-refractivity contribution in [3.8, 4) is 11.6 Å². The van der Waals surface area contributed by atoms with E-state index < -0.39 is 22.5 Å². The maximum atomic E-state index is 12.9. The van der Waals surface area contributed by atoms with Gasteiger partial charge in [-0.05, 0) is 32.4 Å². The number of hydrogen-bond donors (Lipinski definition) is 1. The molecule has 0 radical (unpaired) electrons. The van der Waals surface area contributed by atoms with E-state index in [1.807, 2.05) is 19.1 Å². The lowest BCUT2D eigenvalue weighted by molar-refractivity contribution is -0.383. The Hall–Kier alpha value is -4.15. The molecule has 0 aliphatic heterocycles. The van der Waals surface area contributed by atoms with Crippen molar-refractivity contribution in [2.75, 3.05) is 30.5 Å². The van der Waals surface area contributed by atoms with Gasteiger partial charge in [0.1, 0.15) is 23.7 Å². The van der Waals surface area contributed by atoms with Crippen LogP contribution in [-0.4, -0.2) is 40.8 Å². The van der Waals surface area contributed by atoms with Gasteiger partial charge in [0.15, 0.2) is 0 Å². The van der Waals surface area contributed by atoms with Crippen LogP contribution in [0.15, 0.2) is 49.2 Å². The third kappa shape index (κ3) is 6.92. The van der Waals surface area contributed by atoms with Crippen molar-refractivity contribution in [3.63, 3.8) is 0 Å². The zero-order valence-corrected chi connectivity index (χ0v) is 18.6. The maximum Gasteiger partial charge on any atom is 0.414 e. The molecular weight excluding hydrogens is 430 g/mol. The summed E-state index contributed by atoms with van der Waals surface area (Å²) < 4.78 is 16.3. The third-order valence-corrected chi connectivity index (χ3v) is 4.22. The molecule has 11 nitrogen and oxygen atoms in total. The van der Waals surface area contributed by atoms with Crippen LogP contribution in [0.3, 0.4) is 0 Å². The Balaban J connectivity index is 2.54. The van der Waals surface area contributed by atoms with Gasteiger partial charge in [-0.25, -0.2) is 4.79 Å². The molecule has 0 spiro atoms. The molecular formula is C22H27N5O6. The summed E-state index contributed by atoms with van der Waals surface area (Å²) >= 11 is 0. The molecule has 33 heavy (non-hydrogen) atoms. The number of aromatic nitrogens is 2. The molecule has 0 atom stereocenters. The number of ether oxygens (including phenoxy) is 3. The van der Waals surface area contributed by atoms with Crippen molar-refractivity contribution >= 4 is 23.3 Å². The first-order valence-electron chi connectivity index (χ1n) is 10.2. The fourth-order valence-corrected chi connectivity index (χ4v) is 2.81. The highest BCUT2D eigenvalue weighted by atomic mass is 16.6. The van der Waals surface area contributed by atoms with Crippen molar-refractivity contribution < 1.29 is 23.9 Å². The summed E-state index contributed by atoms with van der Waals surface area (Å²) in [6.45, 7) is 7.46. The fraction of sp³-hybridized carbons (Fsp3) is 0.318. The van der Waals surface area contributed by atoms with Gasteiger partial charge in [0, 0.05) is 12.3 Å². The van der Waals surface area contributed by atoms with E-state index in [0.29, 0.717) is 17.9 Å². The molecule has 2 heterocycles. The molecule has 2 rings (SSSR count). The van der Waals surface area contributed by atoms with Gasteiger partial charge in [-0.3, -0.25) is 20.0 Å². The van der Waals surface area contributed by atoms with Crippen LogP contribution in [0.25, 0.3) is 0 Å². The molecule has 2 aromatic heterocycles. The van der Waals surface area contributed by atoms with Crippen LogP contribution in [0.1, 0.15) is 26.0 Å². The summed E-state index contributed by atoms with van der Waals surface area (Å²) in [5, 5.41) is 11.8. The fourth-order valence-electron chi connectivity index (χ4n) is 2.81. The number of rotatable bonds is 12. The van der Waals surface area contributed by atoms with Crippen LogP contribution < -0.4 is 20.1 Å². The van der Waals surface area contributed by atoms with Crippen molar-refractivity contribution in [2.24, 2.45) is 0 Å². The average Bonchev–Trinajstić information content (AvgIpc) is 2.79. The lowest BCUT2D eigenvalue weighted by Gasteiger charge is -2.23. The van der Waals surface area contributed by atoms with Crippen molar-refractivity contribution in [1.29, 1.82) is 0 Å². The van der Waals surface area contributed by atoms with E-state index in [9.17, 15) is 14.9 Å². The highest BCUT2D eigenvalue weighted by Gasteiger charge is 2.31. The van der Waals surface area contributed by atoms with Crippen LogP contribution in [0, 0.1) is 10.1 Å². The molecule has 2 N–H and O–H groups in total. The molecule has 0 aliphatic carbocycles. The van der Waals surface area contributed by atoms with E-state index in [2.05, 4.69) is 16.5 Å². The van der Waals surface area contributed by atoms with Crippen LogP contribution in [0.2, 0.25) is 0 Å². The minimum Gasteiger partial charge on any atom is -0.488 e. The van der Waals surface area contributed by atoms with Gasteiger partial charge >= 0.3 is 11.8 Å². The number of anilines is 2. The first-order valence-corrected chi connectivity index (χ1v) is 10.2. The quantitative estimate of drug-likeness (QED) is 0.216. The topological polar surface area (TPSA) is 143 Å². The average molecular weight is 457 g/mol. The summed E-state index contributed by atoms with van der Waals surface area (Å²) in [5.74, 6) is 0.0345. The number of nitrogen functional groups attached to an aromatic ring is 1. The minimum absolute atomic E-state index is 0.0380. The van der Waals surface area contributed by atoms with Gasteiger partial charge in [-0.15, -0.1) is 0 Å². The Labute approximate surface area is 191 Å². The van der Waals surface area contributed by atoms with Crippen LogP contribution in [0.5, 0.6) is 11.6 Å². The van der Waals surface area contributed by atoms with E-state index >= 15 is 0 Å². The number of hydrogen-bond acceptors (Lipinski definition) is 9. The zero-order valence-electron chi connectivity index (χ0n) is 18.6. The number of nitro groups is 1. The SMILES string of the molecule is C=CCOc1cccnc1CN(C(=O)OCC)c1cc(OCC/C=C/C)nc(N)c1[N+](=O)[O-]. The molecule has 0 saturated carbocycles. The lowest BCUT2D eigenvalue weighted by Crippen LogP contribution is -2.32. The molecule has 176 valence electrons. The molecule has 0 unspecified atom stereocenters.